The summed E-state index contributed by atoms with van der Waals surface area (Å²) in [6.45, 7) is 1.96. The third-order valence-electron chi connectivity index (χ3n) is 4.66. The van der Waals surface area contributed by atoms with Crippen LogP contribution in [0.2, 0.25) is 0 Å². The van der Waals surface area contributed by atoms with Gasteiger partial charge < -0.3 is 9.88 Å². The number of nitrogens with one attached hydrogen (secondary N) is 1. The Morgan fingerprint density at radius 1 is 1.18 bits per heavy atom. The molecule has 0 spiro atoms. The lowest BCUT2D eigenvalue weighted by atomic mass is 10.1. The van der Waals surface area contributed by atoms with E-state index >= 15 is 0 Å². The molecule has 122 valence electrons. The summed E-state index contributed by atoms with van der Waals surface area (Å²) in [4.78, 5) is 12.4. The molecule has 0 aliphatic heterocycles. The molecular formula is C16H26N4OS. The van der Waals surface area contributed by atoms with Crippen molar-refractivity contribution in [3.63, 3.8) is 0 Å². The minimum Gasteiger partial charge on any atom is -0.352 e. The van der Waals surface area contributed by atoms with Crippen LogP contribution >= 0.6 is 11.8 Å². The number of amides is 1. The lowest BCUT2D eigenvalue weighted by Crippen LogP contribution is -2.39. The van der Waals surface area contributed by atoms with Crippen molar-refractivity contribution in [1.29, 1.82) is 0 Å². The highest BCUT2D eigenvalue weighted by Gasteiger charge is 2.30. The Bertz CT molecular complexity index is 518. The van der Waals surface area contributed by atoms with E-state index in [-0.39, 0.29) is 11.2 Å². The van der Waals surface area contributed by atoms with E-state index in [4.69, 9.17) is 0 Å². The largest absolute Gasteiger partial charge is 0.352 e. The molecule has 0 saturated heterocycles. The average Bonchev–Trinajstić information content (AvgIpc) is 3.30. The van der Waals surface area contributed by atoms with Crippen LogP contribution in [0.4, 0.5) is 0 Å². The Morgan fingerprint density at radius 2 is 1.86 bits per heavy atom. The topological polar surface area (TPSA) is 59.8 Å². The highest BCUT2D eigenvalue weighted by atomic mass is 32.2. The summed E-state index contributed by atoms with van der Waals surface area (Å²) in [7, 11) is 2.01. The molecule has 22 heavy (non-hydrogen) atoms. The van der Waals surface area contributed by atoms with Gasteiger partial charge >= 0.3 is 0 Å². The van der Waals surface area contributed by atoms with Crippen LogP contribution in [-0.4, -0.2) is 32.0 Å². The molecule has 2 aliphatic carbocycles. The average molecular weight is 322 g/mol. The molecule has 5 nitrogen and oxygen atoms in total. The second kappa shape index (κ2) is 7.02. The fraction of sp³-hybridized carbons (Fsp3) is 0.812. The van der Waals surface area contributed by atoms with Gasteiger partial charge in [-0.1, -0.05) is 37.4 Å². The summed E-state index contributed by atoms with van der Waals surface area (Å²) < 4.78 is 2.05. The minimum absolute atomic E-state index is 0.127. The molecule has 0 bridgehead atoms. The Labute approximate surface area is 136 Å². The monoisotopic (exact) mass is 322 g/mol. The molecule has 0 radical (unpaired) electrons. The molecule has 6 heteroatoms. The van der Waals surface area contributed by atoms with E-state index in [2.05, 4.69) is 20.1 Å². The number of hydrogen-bond acceptors (Lipinski definition) is 4. The van der Waals surface area contributed by atoms with Crippen LogP contribution in [0.3, 0.4) is 0 Å². The van der Waals surface area contributed by atoms with Gasteiger partial charge in [-0.2, -0.15) is 0 Å². The second-order valence-corrected chi connectivity index (χ2v) is 7.94. The lowest BCUT2D eigenvalue weighted by molar-refractivity contribution is -0.121. The first-order valence-electron chi connectivity index (χ1n) is 8.51. The molecule has 1 N–H and O–H groups in total. The van der Waals surface area contributed by atoms with Crippen LogP contribution in [0.1, 0.15) is 70.0 Å². The van der Waals surface area contributed by atoms with Gasteiger partial charge in [0, 0.05) is 19.0 Å². The number of aromatic nitrogens is 3. The SMILES string of the molecule is CC(Sc1nnc(C2CC2)n1C)C(=O)NC1CCCCCC1. The third-order valence-corrected chi connectivity index (χ3v) is 5.80. The highest BCUT2D eigenvalue weighted by Crippen LogP contribution is 2.39. The molecule has 1 heterocycles. The Kier molecular flexibility index (Phi) is 5.06. The summed E-state index contributed by atoms with van der Waals surface area (Å²) >= 11 is 1.52. The van der Waals surface area contributed by atoms with E-state index in [1.54, 1.807) is 0 Å². The highest BCUT2D eigenvalue weighted by molar-refractivity contribution is 8.00. The summed E-state index contributed by atoms with van der Waals surface area (Å²) in [5, 5.41) is 12.5. The normalized spacial score (nSPS) is 21.4. The number of nitrogens with zero attached hydrogens (tertiary/aromatic N) is 3. The summed E-state index contributed by atoms with van der Waals surface area (Å²) in [5.41, 5.74) is 0. The quantitative estimate of drug-likeness (QED) is 0.669. The molecule has 2 aliphatic rings. The van der Waals surface area contributed by atoms with Gasteiger partial charge in [0.15, 0.2) is 5.16 Å². The van der Waals surface area contributed by atoms with E-state index in [0.29, 0.717) is 12.0 Å². The van der Waals surface area contributed by atoms with Gasteiger partial charge in [-0.3, -0.25) is 4.79 Å². The smallest absolute Gasteiger partial charge is 0.233 e. The molecule has 1 unspecified atom stereocenters. The molecule has 1 aromatic heterocycles. The minimum atomic E-state index is -0.127. The molecule has 2 fully saturated rings. The first kappa shape index (κ1) is 15.8. The van der Waals surface area contributed by atoms with Gasteiger partial charge in [0.2, 0.25) is 5.91 Å². The maximum Gasteiger partial charge on any atom is 0.233 e. The fourth-order valence-electron chi connectivity index (χ4n) is 3.08. The number of carbonyl (C=O) groups excluding carboxylic acids is 1. The van der Waals surface area contributed by atoms with Crippen molar-refractivity contribution in [1.82, 2.24) is 20.1 Å². The van der Waals surface area contributed by atoms with E-state index in [1.165, 1.54) is 50.3 Å². The number of hydrogen-bond donors (Lipinski definition) is 1. The van der Waals surface area contributed by atoms with E-state index < -0.39 is 0 Å². The van der Waals surface area contributed by atoms with Crippen LogP contribution in [0.5, 0.6) is 0 Å². The van der Waals surface area contributed by atoms with Crippen LogP contribution < -0.4 is 5.32 Å². The first-order valence-corrected chi connectivity index (χ1v) is 9.39. The molecule has 1 atom stereocenters. The van der Waals surface area contributed by atoms with Gasteiger partial charge in [-0.15, -0.1) is 10.2 Å². The van der Waals surface area contributed by atoms with Crippen LogP contribution in [0, 0.1) is 0 Å². The number of rotatable bonds is 5. The molecule has 1 amide bonds. The number of thioether (sulfide) groups is 1. The van der Waals surface area contributed by atoms with Crippen molar-refractivity contribution in [3.8, 4) is 0 Å². The van der Waals surface area contributed by atoms with E-state index in [1.807, 2.05) is 14.0 Å². The lowest BCUT2D eigenvalue weighted by Gasteiger charge is -2.19. The second-order valence-electron chi connectivity index (χ2n) is 6.63. The van der Waals surface area contributed by atoms with Gasteiger partial charge in [0.25, 0.3) is 0 Å². The third kappa shape index (κ3) is 3.83. The fourth-order valence-corrected chi connectivity index (χ4v) is 3.91. The van der Waals surface area contributed by atoms with Gasteiger partial charge in [0.05, 0.1) is 5.25 Å². The predicted molar refractivity (Wildman–Crippen MR) is 87.9 cm³/mol. The van der Waals surface area contributed by atoms with Crippen molar-refractivity contribution in [2.45, 2.75) is 80.7 Å². The Balaban J connectivity index is 1.54. The Hall–Kier alpha value is -1.04. The summed E-state index contributed by atoms with van der Waals surface area (Å²) in [5.74, 6) is 1.79. The zero-order chi connectivity index (χ0) is 15.5. The Morgan fingerprint density at radius 3 is 2.50 bits per heavy atom. The van der Waals surface area contributed by atoms with Crippen molar-refractivity contribution in [2.75, 3.05) is 0 Å². The zero-order valence-electron chi connectivity index (χ0n) is 13.5. The first-order chi connectivity index (χ1) is 10.6. The van der Waals surface area contributed by atoms with Crippen LogP contribution in [-0.2, 0) is 11.8 Å². The van der Waals surface area contributed by atoms with Crippen molar-refractivity contribution >= 4 is 17.7 Å². The molecule has 0 aromatic carbocycles. The van der Waals surface area contributed by atoms with Crippen LogP contribution in [0.15, 0.2) is 5.16 Å². The standard InChI is InChI=1S/C16H26N4OS/c1-11(15(21)17-13-7-5-3-4-6-8-13)22-16-19-18-14(20(16)2)12-9-10-12/h11-13H,3-10H2,1-2H3,(H,17,21). The van der Waals surface area contributed by atoms with Crippen LogP contribution in [0.25, 0.3) is 0 Å². The summed E-state index contributed by atoms with van der Waals surface area (Å²) in [6.07, 6.45) is 9.76. The number of carbonyl (C=O) groups is 1. The molecule has 3 rings (SSSR count). The van der Waals surface area contributed by atoms with Gasteiger partial charge in [0.1, 0.15) is 5.82 Å². The zero-order valence-corrected chi connectivity index (χ0v) is 14.4. The predicted octanol–water partition coefficient (Wildman–Crippen LogP) is 3.01. The van der Waals surface area contributed by atoms with Gasteiger partial charge in [-0.25, -0.2) is 0 Å². The molecular weight excluding hydrogens is 296 g/mol. The van der Waals surface area contributed by atoms with Crippen molar-refractivity contribution < 1.29 is 4.79 Å². The summed E-state index contributed by atoms with van der Waals surface area (Å²) in [6, 6.07) is 0.361. The maximum absolute atomic E-state index is 12.4. The van der Waals surface area contributed by atoms with Crippen molar-refractivity contribution in [2.24, 2.45) is 7.05 Å². The molecule has 1 aromatic rings. The van der Waals surface area contributed by atoms with E-state index in [0.717, 1.165) is 23.8 Å². The maximum atomic E-state index is 12.4. The van der Waals surface area contributed by atoms with E-state index in [9.17, 15) is 4.79 Å². The molecule has 2 saturated carbocycles. The van der Waals surface area contributed by atoms with Gasteiger partial charge in [-0.05, 0) is 32.6 Å². The van der Waals surface area contributed by atoms with Crippen molar-refractivity contribution in [3.05, 3.63) is 5.82 Å².